The lowest BCUT2D eigenvalue weighted by Gasteiger charge is -2.33. The molecule has 0 spiro atoms. The molecule has 1 fully saturated rings. The highest BCUT2D eigenvalue weighted by Gasteiger charge is 2.40. The molecule has 2 atom stereocenters. The van der Waals surface area contributed by atoms with Gasteiger partial charge in [0.15, 0.2) is 0 Å². The van der Waals surface area contributed by atoms with Crippen LogP contribution in [0.3, 0.4) is 0 Å². The monoisotopic (exact) mass is 241 g/mol. The molecule has 1 aliphatic rings. The molecule has 0 amide bonds. The molecule has 3 heteroatoms. The van der Waals surface area contributed by atoms with Crippen LogP contribution in [0.1, 0.15) is 59.8 Å². The molecule has 2 unspecified atom stereocenters. The van der Waals surface area contributed by atoms with Crippen LogP contribution in [0.5, 0.6) is 0 Å². The Hall–Kier alpha value is -0.570. The summed E-state index contributed by atoms with van der Waals surface area (Å²) in [6, 6.07) is 0.313. The third kappa shape index (κ3) is 3.98. The molecule has 1 N–H and O–H groups in total. The van der Waals surface area contributed by atoms with Crippen molar-refractivity contribution in [2.45, 2.75) is 71.4 Å². The van der Waals surface area contributed by atoms with Crippen molar-refractivity contribution in [1.82, 2.24) is 5.32 Å². The van der Waals surface area contributed by atoms with Crippen molar-refractivity contribution in [3.8, 4) is 0 Å². The summed E-state index contributed by atoms with van der Waals surface area (Å²) < 4.78 is 5.27. The van der Waals surface area contributed by atoms with Crippen molar-refractivity contribution in [1.29, 1.82) is 0 Å². The Bertz CT molecular complexity index is 253. The van der Waals surface area contributed by atoms with Crippen molar-refractivity contribution >= 4 is 5.97 Å². The molecular weight excluding hydrogens is 214 g/mol. The topological polar surface area (TPSA) is 38.3 Å². The fourth-order valence-electron chi connectivity index (χ4n) is 2.74. The molecule has 1 aliphatic carbocycles. The largest absolute Gasteiger partial charge is 0.465 e. The van der Waals surface area contributed by atoms with Crippen molar-refractivity contribution in [2.75, 3.05) is 6.61 Å². The number of hydrogen-bond donors (Lipinski definition) is 1. The lowest BCUT2D eigenvalue weighted by atomic mass is 9.89. The van der Waals surface area contributed by atoms with E-state index in [0.29, 0.717) is 12.6 Å². The first-order chi connectivity index (χ1) is 8.00. The van der Waals surface area contributed by atoms with E-state index in [0.717, 1.165) is 31.6 Å². The van der Waals surface area contributed by atoms with E-state index in [1.165, 1.54) is 6.42 Å². The van der Waals surface area contributed by atoms with Gasteiger partial charge in [-0.1, -0.05) is 19.8 Å². The maximum absolute atomic E-state index is 12.2. The van der Waals surface area contributed by atoms with Gasteiger partial charge < -0.3 is 4.74 Å². The highest BCUT2D eigenvalue weighted by atomic mass is 16.5. The fourth-order valence-corrected chi connectivity index (χ4v) is 2.74. The number of ether oxygens (including phenoxy) is 1. The normalized spacial score (nSPS) is 30.1. The summed E-state index contributed by atoms with van der Waals surface area (Å²) in [5.41, 5.74) is -0.436. The highest BCUT2D eigenvalue weighted by molar-refractivity contribution is 5.81. The number of carbonyl (C=O) groups is 1. The van der Waals surface area contributed by atoms with Crippen molar-refractivity contribution in [3.05, 3.63) is 0 Å². The summed E-state index contributed by atoms with van der Waals surface area (Å²) >= 11 is 0. The number of nitrogens with one attached hydrogen (secondary N) is 1. The van der Waals surface area contributed by atoms with E-state index in [4.69, 9.17) is 4.74 Å². The van der Waals surface area contributed by atoms with Crippen molar-refractivity contribution in [3.63, 3.8) is 0 Å². The summed E-state index contributed by atoms with van der Waals surface area (Å²) in [5, 5.41) is 3.47. The molecule has 0 aromatic heterocycles. The minimum atomic E-state index is -0.436. The number of hydrogen-bond acceptors (Lipinski definition) is 3. The minimum absolute atomic E-state index is 0.0530. The molecule has 100 valence electrons. The molecule has 0 aromatic carbocycles. The lowest BCUT2D eigenvalue weighted by Crippen LogP contribution is -2.55. The quantitative estimate of drug-likeness (QED) is 0.607. The first kappa shape index (κ1) is 14.5. The van der Waals surface area contributed by atoms with Gasteiger partial charge in [0, 0.05) is 6.04 Å². The van der Waals surface area contributed by atoms with Crippen molar-refractivity contribution < 1.29 is 9.53 Å². The Morgan fingerprint density at radius 1 is 1.41 bits per heavy atom. The van der Waals surface area contributed by atoms with E-state index in [1.807, 2.05) is 6.92 Å². The number of esters is 1. The molecule has 1 rings (SSSR count). The fraction of sp³-hybridized carbons (Fsp3) is 0.929. The molecule has 1 saturated carbocycles. The van der Waals surface area contributed by atoms with Gasteiger partial charge in [-0.25, -0.2) is 0 Å². The Balaban J connectivity index is 2.80. The summed E-state index contributed by atoms with van der Waals surface area (Å²) in [6.07, 6.45) is 5.26. The van der Waals surface area contributed by atoms with Crippen LogP contribution in [0.2, 0.25) is 0 Å². The van der Waals surface area contributed by atoms with Gasteiger partial charge in [-0.2, -0.15) is 0 Å². The van der Waals surface area contributed by atoms with E-state index in [2.05, 4.69) is 26.1 Å². The maximum Gasteiger partial charge on any atom is 0.326 e. The van der Waals surface area contributed by atoms with Crippen LogP contribution in [-0.2, 0) is 9.53 Å². The maximum atomic E-state index is 12.2. The summed E-state index contributed by atoms with van der Waals surface area (Å²) in [7, 11) is 0. The van der Waals surface area contributed by atoms with Gasteiger partial charge in [-0.05, 0) is 46.0 Å². The predicted molar refractivity (Wildman–Crippen MR) is 69.9 cm³/mol. The minimum Gasteiger partial charge on any atom is -0.465 e. The predicted octanol–water partition coefficient (Wildman–Crippen LogP) is 2.89. The molecule has 0 aliphatic heterocycles. The van der Waals surface area contributed by atoms with E-state index < -0.39 is 5.54 Å². The SMILES string of the molecule is CCOC(=O)C1(NC(C)C)CCCC(C)CC1. The molecule has 0 saturated heterocycles. The number of carbonyl (C=O) groups excluding carboxylic acids is 1. The summed E-state index contributed by atoms with van der Waals surface area (Å²) in [5.74, 6) is 0.670. The van der Waals surface area contributed by atoms with Gasteiger partial charge in [0.05, 0.1) is 6.61 Å². The van der Waals surface area contributed by atoms with Gasteiger partial charge in [-0.3, -0.25) is 10.1 Å². The van der Waals surface area contributed by atoms with Gasteiger partial charge in [-0.15, -0.1) is 0 Å². The second-order valence-corrected chi connectivity index (χ2v) is 5.64. The standard InChI is InChI=1S/C14H27NO2/c1-5-17-13(16)14(15-11(2)3)9-6-7-12(4)8-10-14/h11-12,15H,5-10H2,1-4H3. The Labute approximate surface area is 105 Å². The van der Waals surface area contributed by atoms with E-state index in [-0.39, 0.29) is 5.97 Å². The smallest absolute Gasteiger partial charge is 0.326 e. The Morgan fingerprint density at radius 3 is 2.71 bits per heavy atom. The molecule has 0 radical (unpaired) electrons. The van der Waals surface area contributed by atoms with Crippen LogP contribution in [0.4, 0.5) is 0 Å². The Kier molecular flexibility index (Phi) is 5.44. The van der Waals surface area contributed by atoms with Crippen LogP contribution >= 0.6 is 0 Å². The zero-order chi connectivity index (χ0) is 12.9. The van der Waals surface area contributed by atoms with Crippen LogP contribution in [0.25, 0.3) is 0 Å². The second kappa shape index (κ2) is 6.39. The molecule has 3 nitrogen and oxygen atoms in total. The van der Waals surface area contributed by atoms with Crippen LogP contribution in [0.15, 0.2) is 0 Å². The van der Waals surface area contributed by atoms with Gasteiger partial charge in [0.2, 0.25) is 0 Å². The first-order valence-corrected chi connectivity index (χ1v) is 6.95. The summed E-state index contributed by atoms with van der Waals surface area (Å²) in [4.78, 5) is 12.2. The lowest BCUT2D eigenvalue weighted by molar-refractivity contribution is -0.152. The van der Waals surface area contributed by atoms with E-state index in [9.17, 15) is 4.79 Å². The zero-order valence-electron chi connectivity index (χ0n) is 11.7. The number of rotatable bonds is 4. The first-order valence-electron chi connectivity index (χ1n) is 6.95. The average Bonchev–Trinajstić information content (AvgIpc) is 2.42. The van der Waals surface area contributed by atoms with Crippen LogP contribution < -0.4 is 5.32 Å². The van der Waals surface area contributed by atoms with Crippen LogP contribution in [0, 0.1) is 5.92 Å². The van der Waals surface area contributed by atoms with E-state index >= 15 is 0 Å². The second-order valence-electron chi connectivity index (χ2n) is 5.64. The molecule has 0 bridgehead atoms. The molecule has 0 heterocycles. The van der Waals surface area contributed by atoms with Crippen LogP contribution in [-0.4, -0.2) is 24.2 Å². The average molecular weight is 241 g/mol. The van der Waals surface area contributed by atoms with Gasteiger partial charge >= 0.3 is 5.97 Å². The highest BCUT2D eigenvalue weighted by Crippen LogP contribution is 2.31. The molecule has 0 aromatic rings. The third-order valence-corrected chi connectivity index (χ3v) is 3.60. The van der Waals surface area contributed by atoms with Crippen molar-refractivity contribution in [2.24, 2.45) is 5.92 Å². The Morgan fingerprint density at radius 2 is 2.12 bits per heavy atom. The van der Waals surface area contributed by atoms with E-state index in [1.54, 1.807) is 0 Å². The molecule has 17 heavy (non-hydrogen) atoms. The molecular formula is C14H27NO2. The van der Waals surface area contributed by atoms with Gasteiger partial charge in [0.25, 0.3) is 0 Å². The zero-order valence-corrected chi connectivity index (χ0v) is 11.7. The van der Waals surface area contributed by atoms with Gasteiger partial charge in [0.1, 0.15) is 5.54 Å². The third-order valence-electron chi connectivity index (χ3n) is 3.60. The summed E-state index contributed by atoms with van der Waals surface area (Å²) in [6.45, 7) is 8.80.